The molecule has 1 N–H and O–H groups in total. The molecule has 3 nitrogen and oxygen atoms in total. The number of aryl methyl sites for hydroxylation is 1. The van der Waals surface area contributed by atoms with Crippen LogP contribution < -0.4 is 5.32 Å². The molecule has 2 aromatic carbocycles. The van der Waals surface area contributed by atoms with E-state index in [0.29, 0.717) is 17.1 Å². The van der Waals surface area contributed by atoms with Gasteiger partial charge in [0.2, 0.25) is 0 Å². The number of hydrogen-bond acceptors (Lipinski definition) is 3. The average molecular weight is 329 g/mol. The van der Waals surface area contributed by atoms with Crippen molar-refractivity contribution in [1.82, 2.24) is 9.97 Å². The zero-order valence-electron chi connectivity index (χ0n) is 12.8. The molecule has 0 aliphatic heterocycles. The fourth-order valence-electron chi connectivity index (χ4n) is 2.26. The predicted octanol–water partition coefficient (Wildman–Crippen LogP) is 5.21. The van der Waals surface area contributed by atoms with E-state index >= 15 is 0 Å². The number of anilines is 2. The van der Waals surface area contributed by atoms with E-state index in [1.807, 2.05) is 31.2 Å². The number of alkyl halides is 3. The number of para-hydroxylation sites is 1. The SMILES string of the molecule is Cc1ccccc1Nc1cc(-c2ccc(C(F)(F)F)cc2)ncn1. The van der Waals surface area contributed by atoms with E-state index in [9.17, 15) is 13.2 Å². The lowest BCUT2D eigenvalue weighted by Crippen LogP contribution is -2.04. The van der Waals surface area contributed by atoms with E-state index < -0.39 is 11.7 Å². The average Bonchev–Trinajstić information content (AvgIpc) is 2.57. The second kappa shape index (κ2) is 6.31. The predicted molar refractivity (Wildman–Crippen MR) is 86.9 cm³/mol. The molecule has 3 aromatic rings. The first-order valence-electron chi connectivity index (χ1n) is 7.26. The van der Waals surface area contributed by atoms with Crippen LogP contribution in [0.3, 0.4) is 0 Å². The van der Waals surface area contributed by atoms with Crippen LogP contribution in [0.4, 0.5) is 24.7 Å². The van der Waals surface area contributed by atoms with E-state index in [0.717, 1.165) is 23.4 Å². The zero-order valence-corrected chi connectivity index (χ0v) is 12.8. The summed E-state index contributed by atoms with van der Waals surface area (Å²) >= 11 is 0. The van der Waals surface area contributed by atoms with Crippen molar-refractivity contribution >= 4 is 11.5 Å². The summed E-state index contributed by atoms with van der Waals surface area (Å²) in [6.07, 6.45) is -2.96. The minimum Gasteiger partial charge on any atom is -0.340 e. The van der Waals surface area contributed by atoms with Crippen LogP contribution in [0.15, 0.2) is 60.9 Å². The van der Waals surface area contributed by atoms with Gasteiger partial charge in [-0.1, -0.05) is 30.3 Å². The summed E-state index contributed by atoms with van der Waals surface area (Å²) < 4.78 is 37.9. The number of halogens is 3. The maximum absolute atomic E-state index is 12.6. The first-order chi connectivity index (χ1) is 11.4. The Labute approximate surface area is 137 Å². The molecule has 0 fully saturated rings. The van der Waals surface area contributed by atoms with Gasteiger partial charge in [-0.05, 0) is 30.7 Å². The lowest BCUT2D eigenvalue weighted by atomic mass is 10.1. The maximum atomic E-state index is 12.6. The van der Waals surface area contributed by atoms with Gasteiger partial charge in [-0.3, -0.25) is 0 Å². The van der Waals surface area contributed by atoms with Gasteiger partial charge in [0.15, 0.2) is 0 Å². The molecule has 0 bridgehead atoms. The lowest BCUT2D eigenvalue weighted by molar-refractivity contribution is -0.137. The minimum atomic E-state index is -4.35. The fraction of sp³-hybridized carbons (Fsp3) is 0.111. The fourth-order valence-corrected chi connectivity index (χ4v) is 2.26. The van der Waals surface area contributed by atoms with Crippen LogP contribution in [0.2, 0.25) is 0 Å². The van der Waals surface area contributed by atoms with Crippen molar-refractivity contribution in [1.29, 1.82) is 0 Å². The molecule has 3 rings (SSSR count). The normalized spacial score (nSPS) is 11.3. The first-order valence-corrected chi connectivity index (χ1v) is 7.26. The lowest BCUT2D eigenvalue weighted by Gasteiger charge is -2.10. The van der Waals surface area contributed by atoms with Gasteiger partial charge in [0.1, 0.15) is 12.1 Å². The number of nitrogens with zero attached hydrogens (tertiary/aromatic N) is 2. The molecular weight excluding hydrogens is 315 g/mol. The van der Waals surface area contributed by atoms with Crippen molar-refractivity contribution in [3.05, 3.63) is 72.1 Å². The van der Waals surface area contributed by atoms with E-state index in [1.165, 1.54) is 18.5 Å². The molecule has 1 aromatic heterocycles. The van der Waals surface area contributed by atoms with Crippen LogP contribution in [0, 0.1) is 6.92 Å². The van der Waals surface area contributed by atoms with Gasteiger partial charge in [0.05, 0.1) is 11.3 Å². The third-order valence-corrected chi connectivity index (χ3v) is 3.58. The van der Waals surface area contributed by atoms with Crippen molar-refractivity contribution in [3.63, 3.8) is 0 Å². The largest absolute Gasteiger partial charge is 0.416 e. The van der Waals surface area contributed by atoms with Crippen LogP contribution in [0.1, 0.15) is 11.1 Å². The third kappa shape index (κ3) is 3.53. The molecule has 0 saturated heterocycles. The number of nitrogens with one attached hydrogen (secondary N) is 1. The Morgan fingerprint density at radius 1 is 0.917 bits per heavy atom. The molecule has 0 amide bonds. The van der Waals surface area contributed by atoms with Gasteiger partial charge in [-0.15, -0.1) is 0 Å². The highest BCUT2D eigenvalue weighted by molar-refractivity contribution is 5.66. The summed E-state index contributed by atoms with van der Waals surface area (Å²) in [6.45, 7) is 1.97. The van der Waals surface area contributed by atoms with E-state index in [2.05, 4.69) is 15.3 Å². The second-order valence-corrected chi connectivity index (χ2v) is 5.30. The van der Waals surface area contributed by atoms with Gasteiger partial charge in [-0.2, -0.15) is 13.2 Å². The highest BCUT2D eigenvalue weighted by Crippen LogP contribution is 2.31. The molecule has 122 valence electrons. The van der Waals surface area contributed by atoms with Gasteiger partial charge < -0.3 is 5.32 Å². The molecule has 0 saturated carbocycles. The van der Waals surface area contributed by atoms with Gasteiger partial charge in [0.25, 0.3) is 0 Å². The first kappa shape index (κ1) is 16.0. The molecule has 0 radical (unpaired) electrons. The maximum Gasteiger partial charge on any atom is 0.416 e. The number of rotatable bonds is 3. The van der Waals surface area contributed by atoms with Crippen molar-refractivity contribution in [2.45, 2.75) is 13.1 Å². The van der Waals surface area contributed by atoms with E-state index in [4.69, 9.17) is 0 Å². The Bertz CT molecular complexity index is 843. The Morgan fingerprint density at radius 2 is 1.62 bits per heavy atom. The minimum absolute atomic E-state index is 0.551. The van der Waals surface area contributed by atoms with Crippen LogP contribution in [0.25, 0.3) is 11.3 Å². The molecule has 6 heteroatoms. The monoisotopic (exact) mass is 329 g/mol. The second-order valence-electron chi connectivity index (χ2n) is 5.30. The Balaban J connectivity index is 1.87. The van der Waals surface area contributed by atoms with Gasteiger partial charge in [-0.25, -0.2) is 9.97 Å². The topological polar surface area (TPSA) is 37.8 Å². The van der Waals surface area contributed by atoms with E-state index in [-0.39, 0.29) is 0 Å². The number of aromatic nitrogens is 2. The summed E-state index contributed by atoms with van der Waals surface area (Å²) in [4.78, 5) is 8.29. The quantitative estimate of drug-likeness (QED) is 0.716. The third-order valence-electron chi connectivity index (χ3n) is 3.58. The zero-order chi connectivity index (χ0) is 17.2. The van der Waals surface area contributed by atoms with Crippen LogP contribution >= 0.6 is 0 Å². The van der Waals surface area contributed by atoms with Gasteiger partial charge in [0, 0.05) is 17.3 Å². The molecule has 1 heterocycles. The highest BCUT2D eigenvalue weighted by Gasteiger charge is 2.30. The molecule has 0 atom stereocenters. The summed E-state index contributed by atoms with van der Waals surface area (Å²) in [5.41, 5.74) is 2.44. The number of hydrogen-bond donors (Lipinski definition) is 1. The molecule has 0 aliphatic carbocycles. The van der Waals surface area contributed by atoms with Crippen LogP contribution in [-0.2, 0) is 6.18 Å². The highest BCUT2D eigenvalue weighted by atomic mass is 19.4. The molecule has 0 aliphatic rings. The Kier molecular flexibility index (Phi) is 4.20. The van der Waals surface area contributed by atoms with E-state index in [1.54, 1.807) is 6.07 Å². The Hall–Kier alpha value is -2.89. The summed E-state index contributed by atoms with van der Waals surface area (Å²) in [5.74, 6) is 0.578. The molecule has 0 unspecified atom stereocenters. The molecule has 0 spiro atoms. The standard InChI is InChI=1S/C18H14F3N3/c1-12-4-2-3-5-15(12)24-17-10-16(22-11-23-17)13-6-8-14(9-7-13)18(19,20)21/h2-11H,1H3,(H,22,23,24). The number of benzene rings is 2. The van der Waals surface area contributed by atoms with Gasteiger partial charge >= 0.3 is 6.18 Å². The van der Waals surface area contributed by atoms with Crippen LogP contribution in [-0.4, -0.2) is 9.97 Å². The van der Waals surface area contributed by atoms with Crippen LogP contribution in [0.5, 0.6) is 0 Å². The van der Waals surface area contributed by atoms with Crippen molar-refractivity contribution in [2.75, 3.05) is 5.32 Å². The summed E-state index contributed by atoms with van der Waals surface area (Å²) in [6, 6.07) is 14.4. The Morgan fingerprint density at radius 3 is 2.29 bits per heavy atom. The van der Waals surface area contributed by atoms with Crippen molar-refractivity contribution in [2.24, 2.45) is 0 Å². The van der Waals surface area contributed by atoms with Crippen molar-refractivity contribution in [3.8, 4) is 11.3 Å². The molecule has 24 heavy (non-hydrogen) atoms. The van der Waals surface area contributed by atoms with Crippen molar-refractivity contribution < 1.29 is 13.2 Å². The smallest absolute Gasteiger partial charge is 0.340 e. The summed E-state index contributed by atoms with van der Waals surface area (Å²) in [7, 11) is 0. The summed E-state index contributed by atoms with van der Waals surface area (Å²) in [5, 5.41) is 3.19. The molecular formula is C18H14F3N3.